The van der Waals surface area contributed by atoms with Crippen molar-refractivity contribution in [3.8, 4) is 0 Å². The third-order valence-corrected chi connectivity index (χ3v) is 5.12. The summed E-state index contributed by atoms with van der Waals surface area (Å²) in [5, 5.41) is 2.76. The molecule has 29 heavy (non-hydrogen) atoms. The zero-order valence-electron chi connectivity index (χ0n) is 16.0. The van der Waals surface area contributed by atoms with Crippen molar-refractivity contribution in [1.29, 1.82) is 0 Å². The van der Waals surface area contributed by atoms with Crippen LogP contribution >= 0.6 is 0 Å². The van der Waals surface area contributed by atoms with Crippen LogP contribution in [0.5, 0.6) is 0 Å². The molecular formula is C21H24FN3O4. The maximum absolute atomic E-state index is 13.1. The molecule has 2 heterocycles. The first-order valence-corrected chi connectivity index (χ1v) is 9.61. The monoisotopic (exact) mass is 401 g/mol. The van der Waals surface area contributed by atoms with Gasteiger partial charge in [-0.2, -0.15) is 0 Å². The van der Waals surface area contributed by atoms with Gasteiger partial charge in [-0.25, -0.2) is 4.39 Å². The summed E-state index contributed by atoms with van der Waals surface area (Å²) < 4.78 is 18.2. The highest BCUT2D eigenvalue weighted by Gasteiger charge is 2.34. The molecule has 1 aromatic heterocycles. The Bertz CT molecular complexity index is 851. The molecule has 2 atom stereocenters. The lowest BCUT2D eigenvalue weighted by Crippen LogP contribution is -2.53. The Morgan fingerprint density at radius 2 is 1.97 bits per heavy atom. The number of carbonyl (C=O) groups excluding carboxylic acids is 3. The Morgan fingerprint density at radius 1 is 1.21 bits per heavy atom. The third kappa shape index (κ3) is 5.22. The molecule has 0 saturated carbocycles. The molecule has 1 saturated heterocycles. The second kappa shape index (κ2) is 9.36. The van der Waals surface area contributed by atoms with Crippen LogP contribution in [0.25, 0.3) is 0 Å². The maximum Gasteiger partial charge on any atom is 0.290 e. The van der Waals surface area contributed by atoms with E-state index in [-0.39, 0.29) is 36.4 Å². The third-order valence-electron chi connectivity index (χ3n) is 5.12. The molecule has 8 heteroatoms. The summed E-state index contributed by atoms with van der Waals surface area (Å²) in [6.07, 6.45) is 3.88. The number of benzene rings is 1. The van der Waals surface area contributed by atoms with Gasteiger partial charge in [0.2, 0.25) is 11.8 Å². The minimum atomic E-state index is -0.637. The lowest BCUT2D eigenvalue weighted by atomic mass is 9.97. The average molecular weight is 401 g/mol. The highest BCUT2D eigenvalue weighted by molar-refractivity contribution is 5.95. The molecule has 1 aliphatic rings. The van der Waals surface area contributed by atoms with Gasteiger partial charge in [-0.3, -0.25) is 14.4 Å². The molecule has 3 N–H and O–H groups in total. The molecule has 3 rings (SSSR count). The van der Waals surface area contributed by atoms with Crippen molar-refractivity contribution in [2.24, 2.45) is 11.7 Å². The average Bonchev–Trinajstić information content (AvgIpc) is 3.26. The molecule has 0 bridgehead atoms. The van der Waals surface area contributed by atoms with Crippen LogP contribution in [-0.4, -0.2) is 41.8 Å². The molecule has 1 aromatic carbocycles. The molecule has 3 amide bonds. The molecule has 7 nitrogen and oxygen atoms in total. The Labute approximate surface area is 168 Å². The van der Waals surface area contributed by atoms with Gasteiger partial charge in [0, 0.05) is 13.1 Å². The van der Waals surface area contributed by atoms with E-state index in [1.807, 2.05) is 0 Å². The molecule has 154 valence electrons. The molecule has 0 spiro atoms. The van der Waals surface area contributed by atoms with Gasteiger partial charge in [0.25, 0.3) is 5.91 Å². The van der Waals surface area contributed by atoms with E-state index in [1.54, 1.807) is 24.3 Å². The van der Waals surface area contributed by atoms with Crippen molar-refractivity contribution in [3.63, 3.8) is 0 Å². The van der Waals surface area contributed by atoms with Crippen LogP contribution in [0.15, 0.2) is 47.1 Å². The molecule has 1 fully saturated rings. The smallest absolute Gasteiger partial charge is 0.290 e. The standard InChI is InChI=1S/C21H24FN3O4/c22-16-8-6-14(7-9-16)12-15(19(23)26)13-24-20(27)17-4-1-2-10-25(17)21(28)18-5-3-11-29-18/h3,5-9,11,15,17H,1-2,4,10,12-13H2,(H2,23,26)(H,24,27). The highest BCUT2D eigenvalue weighted by Crippen LogP contribution is 2.20. The number of amides is 3. The van der Waals surface area contributed by atoms with Crippen LogP contribution in [0, 0.1) is 11.7 Å². The van der Waals surface area contributed by atoms with Crippen LogP contribution in [0.4, 0.5) is 4.39 Å². The molecule has 0 radical (unpaired) electrons. The van der Waals surface area contributed by atoms with Crippen molar-refractivity contribution < 1.29 is 23.2 Å². The number of halogens is 1. The quantitative estimate of drug-likeness (QED) is 0.739. The van der Waals surface area contributed by atoms with E-state index >= 15 is 0 Å². The van der Waals surface area contributed by atoms with Gasteiger partial charge in [-0.05, 0) is 55.5 Å². The van der Waals surface area contributed by atoms with E-state index in [2.05, 4.69) is 5.32 Å². The van der Waals surface area contributed by atoms with E-state index in [0.29, 0.717) is 13.0 Å². The Hall–Kier alpha value is -3.16. The van der Waals surface area contributed by atoms with Gasteiger partial charge < -0.3 is 20.4 Å². The second-order valence-electron chi connectivity index (χ2n) is 7.16. The summed E-state index contributed by atoms with van der Waals surface area (Å²) in [6.45, 7) is 0.511. The van der Waals surface area contributed by atoms with Crippen LogP contribution in [-0.2, 0) is 16.0 Å². The number of furan rings is 1. The SMILES string of the molecule is NC(=O)C(CNC(=O)C1CCCCN1C(=O)c1ccco1)Cc1ccc(F)cc1. The van der Waals surface area contributed by atoms with Crippen LogP contribution in [0.2, 0.25) is 0 Å². The number of hydrogen-bond acceptors (Lipinski definition) is 4. The number of likely N-dealkylation sites (tertiary alicyclic amines) is 1. The number of hydrogen-bond donors (Lipinski definition) is 2. The lowest BCUT2D eigenvalue weighted by molar-refractivity contribution is -0.127. The van der Waals surface area contributed by atoms with E-state index in [9.17, 15) is 18.8 Å². The Morgan fingerprint density at radius 3 is 2.62 bits per heavy atom. The van der Waals surface area contributed by atoms with Crippen molar-refractivity contribution in [2.75, 3.05) is 13.1 Å². The predicted octanol–water partition coefficient (Wildman–Crippen LogP) is 1.87. The number of rotatable bonds is 7. The fourth-order valence-corrected chi connectivity index (χ4v) is 3.51. The van der Waals surface area contributed by atoms with Gasteiger partial charge in [0.05, 0.1) is 12.2 Å². The van der Waals surface area contributed by atoms with Gasteiger partial charge in [-0.1, -0.05) is 12.1 Å². The van der Waals surface area contributed by atoms with E-state index in [0.717, 1.165) is 18.4 Å². The number of nitrogens with one attached hydrogen (secondary N) is 1. The van der Waals surface area contributed by atoms with Crippen LogP contribution in [0.3, 0.4) is 0 Å². The summed E-state index contributed by atoms with van der Waals surface area (Å²) in [4.78, 5) is 38.7. The van der Waals surface area contributed by atoms with Crippen LogP contribution < -0.4 is 11.1 Å². The molecule has 0 aliphatic carbocycles. The van der Waals surface area contributed by atoms with Crippen molar-refractivity contribution in [3.05, 3.63) is 59.8 Å². The zero-order valence-corrected chi connectivity index (χ0v) is 16.0. The fourth-order valence-electron chi connectivity index (χ4n) is 3.51. The van der Waals surface area contributed by atoms with Gasteiger partial charge >= 0.3 is 0 Å². The molecule has 2 aromatic rings. The Kier molecular flexibility index (Phi) is 6.64. The van der Waals surface area contributed by atoms with Gasteiger partial charge in [0.1, 0.15) is 11.9 Å². The van der Waals surface area contributed by atoms with E-state index in [4.69, 9.17) is 10.2 Å². The first-order valence-electron chi connectivity index (χ1n) is 9.61. The minimum Gasteiger partial charge on any atom is -0.459 e. The summed E-state index contributed by atoms with van der Waals surface area (Å²) in [5.74, 6) is -2.01. The summed E-state index contributed by atoms with van der Waals surface area (Å²) in [7, 11) is 0. The predicted molar refractivity (Wildman–Crippen MR) is 103 cm³/mol. The lowest BCUT2D eigenvalue weighted by Gasteiger charge is -2.34. The zero-order chi connectivity index (χ0) is 20.8. The highest BCUT2D eigenvalue weighted by atomic mass is 19.1. The van der Waals surface area contributed by atoms with Gasteiger partial charge in [-0.15, -0.1) is 0 Å². The maximum atomic E-state index is 13.1. The summed E-state index contributed by atoms with van der Waals surface area (Å²) in [5.41, 5.74) is 6.22. The fraction of sp³-hybridized carbons (Fsp3) is 0.381. The van der Waals surface area contributed by atoms with Crippen LogP contribution in [0.1, 0.15) is 35.4 Å². The number of piperidine rings is 1. The van der Waals surface area contributed by atoms with Crippen molar-refractivity contribution in [2.45, 2.75) is 31.7 Å². The number of nitrogens with two attached hydrogens (primary N) is 1. The number of primary amides is 1. The number of carbonyl (C=O) groups is 3. The number of nitrogens with zero attached hydrogens (tertiary/aromatic N) is 1. The Balaban J connectivity index is 1.62. The largest absolute Gasteiger partial charge is 0.459 e. The normalized spacial score (nSPS) is 17.6. The first kappa shape index (κ1) is 20.6. The van der Waals surface area contributed by atoms with Crippen molar-refractivity contribution >= 4 is 17.7 Å². The molecule has 2 unspecified atom stereocenters. The molecule has 1 aliphatic heterocycles. The van der Waals surface area contributed by atoms with E-state index in [1.165, 1.54) is 23.3 Å². The summed E-state index contributed by atoms with van der Waals surface area (Å²) >= 11 is 0. The second-order valence-corrected chi connectivity index (χ2v) is 7.16. The van der Waals surface area contributed by atoms with E-state index < -0.39 is 17.9 Å². The molecular weight excluding hydrogens is 377 g/mol. The summed E-state index contributed by atoms with van der Waals surface area (Å²) in [6, 6.07) is 8.35. The first-order chi connectivity index (χ1) is 14.0. The van der Waals surface area contributed by atoms with Gasteiger partial charge in [0.15, 0.2) is 5.76 Å². The topological polar surface area (TPSA) is 106 Å². The van der Waals surface area contributed by atoms with Crippen molar-refractivity contribution in [1.82, 2.24) is 10.2 Å². The minimum absolute atomic E-state index is 0.0465.